The predicted octanol–water partition coefficient (Wildman–Crippen LogP) is 2.13. The molecule has 9 heteroatoms. The second-order valence-electron chi connectivity index (χ2n) is 2.18. The highest BCUT2D eigenvalue weighted by molar-refractivity contribution is 5.81. The topological polar surface area (TPSA) is 63.6 Å². The molecule has 0 aromatic carbocycles. The van der Waals surface area contributed by atoms with Gasteiger partial charge in [0.1, 0.15) is 0 Å². The molecule has 0 atom stereocenters. The molecule has 0 rings (SSSR count). The Kier molecular flexibility index (Phi) is 6.79. The summed E-state index contributed by atoms with van der Waals surface area (Å²) in [6, 6.07) is 0. The van der Waals surface area contributed by atoms with Crippen molar-refractivity contribution in [1.82, 2.24) is 0 Å². The van der Waals surface area contributed by atoms with Crippen LogP contribution in [0.4, 0.5) is 22.0 Å². The highest BCUT2D eigenvalue weighted by Gasteiger charge is 2.61. The van der Waals surface area contributed by atoms with Crippen molar-refractivity contribution in [1.29, 1.82) is 0 Å². The van der Waals surface area contributed by atoms with Gasteiger partial charge in [-0.15, -0.1) is 0 Å². The van der Waals surface area contributed by atoms with Crippen molar-refractivity contribution >= 4 is 11.9 Å². The van der Waals surface area contributed by atoms with E-state index in [2.05, 4.69) is 17.9 Å². The monoisotopic (exact) mass is 262 g/mol. The summed E-state index contributed by atoms with van der Waals surface area (Å²) in [5.41, 5.74) is 0. The largest absolute Gasteiger partial charge is 0.501 e. The molecule has 4 nitrogen and oxygen atoms in total. The van der Waals surface area contributed by atoms with Crippen LogP contribution in [-0.4, -0.2) is 29.3 Å². The number of carboxylic acid groups (broad SMARTS) is 1. The fraction of sp³-hybridized carbons (Fsp3) is 0.250. The van der Waals surface area contributed by atoms with Gasteiger partial charge in [0.2, 0.25) is 0 Å². The molecule has 0 aliphatic heterocycles. The number of alkyl halides is 5. The van der Waals surface area contributed by atoms with E-state index in [1.807, 2.05) is 0 Å². The second-order valence-corrected chi connectivity index (χ2v) is 2.18. The molecule has 0 bridgehead atoms. The number of carboxylic acids is 1. The number of hydrogen-bond donors (Lipinski definition) is 1. The zero-order valence-corrected chi connectivity index (χ0v) is 8.13. The highest BCUT2D eigenvalue weighted by atomic mass is 19.4. The molecule has 0 saturated heterocycles. The normalized spacial score (nSPS) is 10.6. The molecule has 17 heavy (non-hydrogen) atoms. The summed E-state index contributed by atoms with van der Waals surface area (Å²) in [5.74, 6) is -2.82. The first-order chi connectivity index (χ1) is 7.47. The Balaban J connectivity index is 0. The Labute approximate surface area is 92.0 Å². The van der Waals surface area contributed by atoms with Crippen molar-refractivity contribution in [3.05, 3.63) is 25.3 Å². The fourth-order valence-corrected chi connectivity index (χ4v) is 0.226. The number of rotatable bonds is 3. The average Bonchev–Trinajstić information content (AvgIpc) is 2.16. The number of aliphatic carboxylic acids is 1. The van der Waals surface area contributed by atoms with Crippen molar-refractivity contribution in [3.8, 4) is 0 Å². The minimum absolute atomic E-state index is 0.208. The van der Waals surface area contributed by atoms with Crippen LogP contribution in [-0.2, 0) is 14.3 Å². The van der Waals surface area contributed by atoms with E-state index in [0.717, 1.165) is 6.08 Å². The molecule has 0 fully saturated rings. The third kappa shape index (κ3) is 7.94. The van der Waals surface area contributed by atoms with Crippen molar-refractivity contribution in [2.75, 3.05) is 0 Å². The van der Waals surface area contributed by atoms with E-state index in [9.17, 15) is 31.5 Å². The number of carbonyl (C=O) groups is 2. The zero-order valence-electron chi connectivity index (χ0n) is 8.13. The van der Waals surface area contributed by atoms with Gasteiger partial charge in [-0.25, -0.2) is 9.59 Å². The van der Waals surface area contributed by atoms with E-state index >= 15 is 0 Å². The van der Waals surface area contributed by atoms with Crippen LogP contribution in [0.3, 0.4) is 0 Å². The van der Waals surface area contributed by atoms with Gasteiger partial charge in [-0.2, -0.15) is 22.0 Å². The van der Waals surface area contributed by atoms with E-state index in [-0.39, 0.29) is 6.08 Å². The van der Waals surface area contributed by atoms with Crippen molar-refractivity contribution in [2.45, 2.75) is 12.3 Å². The molecule has 0 saturated carbocycles. The Morgan fingerprint density at radius 3 is 1.59 bits per heavy atom. The zero-order chi connectivity index (χ0) is 14.3. The molecule has 0 aromatic heterocycles. The molecular weight excluding hydrogens is 255 g/mol. The lowest BCUT2D eigenvalue weighted by Crippen LogP contribution is -2.40. The number of carbonyl (C=O) groups excluding carboxylic acids is 1. The molecule has 0 amide bonds. The maximum absolute atomic E-state index is 11.8. The quantitative estimate of drug-likeness (QED) is 0.480. The first-order valence-corrected chi connectivity index (χ1v) is 3.63. The molecule has 0 aliphatic carbocycles. The van der Waals surface area contributed by atoms with Gasteiger partial charge in [0, 0.05) is 12.2 Å². The van der Waals surface area contributed by atoms with Crippen LogP contribution in [0.1, 0.15) is 0 Å². The summed E-state index contributed by atoms with van der Waals surface area (Å²) < 4.78 is 60.0. The highest BCUT2D eigenvalue weighted by Crippen LogP contribution is 2.36. The average molecular weight is 262 g/mol. The molecule has 0 unspecified atom stereocenters. The van der Waals surface area contributed by atoms with E-state index in [0.29, 0.717) is 0 Å². The number of hydrogen-bond acceptors (Lipinski definition) is 3. The van der Waals surface area contributed by atoms with Crippen LogP contribution in [0.25, 0.3) is 0 Å². The lowest BCUT2D eigenvalue weighted by molar-refractivity contribution is -0.374. The van der Waals surface area contributed by atoms with Gasteiger partial charge >= 0.3 is 24.2 Å². The summed E-state index contributed by atoms with van der Waals surface area (Å²) in [5, 5.41) is 7.60. The first kappa shape index (κ1) is 17.5. The fourth-order valence-electron chi connectivity index (χ4n) is 0.226. The molecule has 0 aromatic rings. The molecular formula is C8H7F5O4. The Morgan fingerprint density at radius 2 is 1.41 bits per heavy atom. The second kappa shape index (κ2) is 6.61. The van der Waals surface area contributed by atoms with Crippen molar-refractivity contribution in [3.63, 3.8) is 0 Å². The molecule has 0 heterocycles. The number of ether oxygens (including phenoxy) is 1. The molecule has 1 N–H and O–H groups in total. The molecule has 0 spiro atoms. The third-order valence-electron chi connectivity index (χ3n) is 0.900. The molecule has 0 radical (unpaired) electrons. The number of esters is 1. The summed E-state index contributed by atoms with van der Waals surface area (Å²) in [4.78, 5) is 19.2. The van der Waals surface area contributed by atoms with Gasteiger partial charge in [0.25, 0.3) is 0 Å². The smallest absolute Gasteiger partial charge is 0.478 e. The standard InChI is InChI=1S/C5H3F5O2.C3H4O2/c1-2-3(11)12-5(9,10)4(6,7)8;1-2-3(4)5/h2H,1H2;2H,1H2,(H,4,5). The lowest BCUT2D eigenvalue weighted by Gasteiger charge is -2.17. The van der Waals surface area contributed by atoms with Gasteiger partial charge in [-0.1, -0.05) is 13.2 Å². The molecule has 98 valence electrons. The minimum atomic E-state index is -5.90. The van der Waals surface area contributed by atoms with E-state index in [1.165, 1.54) is 0 Å². The van der Waals surface area contributed by atoms with Crippen LogP contribution in [0, 0.1) is 0 Å². The van der Waals surface area contributed by atoms with Gasteiger partial charge in [0.05, 0.1) is 0 Å². The summed E-state index contributed by atoms with van der Waals surface area (Å²) in [6.07, 6.45) is -10.3. The van der Waals surface area contributed by atoms with Gasteiger partial charge in [-0.05, 0) is 0 Å². The first-order valence-electron chi connectivity index (χ1n) is 3.63. The Morgan fingerprint density at radius 1 is 1.06 bits per heavy atom. The van der Waals surface area contributed by atoms with Crippen LogP contribution in [0.5, 0.6) is 0 Å². The van der Waals surface area contributed by atoms with Gasteiger partial charge in [-0.3, -0.25) is 0 Å². The summed E-state index contributed by atoms with van der Waals surface area (Å²) in [7, 11) is 0. The summed E-state index contributed by atoms with van der Waals surface area (Å²) in [6.45, 7) is 5.61. The van der Waals surface area contributed by atoms with Crippen LogP contribution in [0.15, 0.2) is 25.3 Å². The SMILES string of the molecule is C=CC(=O)O.C=CC(=O)OC(F)(F)C(F)(F)F. The summed E-state index contributed by atoms with van der Waals surface area (Å²) >= 11 is 0. The maximum atomic E-state index is 11.8. The van der Waals surface area contributed by atoms with Crippen LogP contribution in [0.2, 0.25) is 0 Å². The molecule has 0 aliphatic rings. The van der Waals surface area contributed by atoms with Crippen molar-refractivity contribution < 1.29 is 41.4 Å². The predicted molar refractivity (Wildman–Crippen MR) is 45.1 cm³/mol. The Bertz CT molecular complexity index is 308. The van der Waals surface area contributed by atoms with Crippen LogP contribution >= 0.6 is 0 Å². The van der Waals surface area contributed by atoms with Gasteiger partial charge < -0.3 is 9.84 Å². The van der Waals surface area contributed by atoms with E-state index in [4.69, 9.17) is 5.11 Å². The Hall–Kier alpha value is -1.93. The lowest BCUT2D eigenvalue weighted by atomic mass is 10.6. The number of halogens is 5. The third-order valence-corrected chi connectivity index (χ3v) is 0.900. The van der Waals surface area contributed by atoms with E-state index in [1.54, 1.807) is 0 Å². The van der Waals surface area contributed by atoms with Crippen LogP contribution < -0.4 is 0 Å². The van der Waals surface area contributed by atoms with Crippen molar-refractivity contribution in [2.24, 2.45) is 0 Å². The van der Waals surface area contributed by atoms with E-state index < -0.39 is 24.2 Å². The van der Waals surface area contributed by atoms with Gasteiger partial charge in [0.15, 0.2) is 0 Å². The minimum Gasteiger partial charge on any atom is -0.478 e. The maximum Gasteiger partial charge on any atom is 0.501 e.